The van der Waals surface area contributed by atoms with Crippen molar-refractivity contribution in [2.24, 2.45) is 0 Å². The first-order chi connectivity index (χ1) is 9.88. The van der Waals surface area contributed by atoms with Crippen molar-refractivity contribution in [3.63, 3.8) is 0 Å². The molecule has 1 aromatic carbocycles. The highest BCUT2D eigenvalue weighted by atomic mass is 79.9. The summed E-state index contributed by atoms with van der Waals surface area (Å²) >= 11 is 3.49. The van der Waals surface area contributed by atoms with E-state index >= 15 is 0 Å². The van der Waals surface area contributed by atoms with Crippen LogP contribution in [0.3, 0.4) is 0 Å². The summed E-state index contributed by atoms with van der Waals surface area (Å²) in [6.07, 6.45) is 0. The molecule has 0 aliphatic heterocycles. The topological polar surface area (TPSA) is 49.8 Å². The molecule has 0 amide bonds. The van der Waals surface area contributed by atoms with E-state index in [2.05, 4.69) is 69.4 Å². The number of nitrogens with zero attached hydrogens (tertiary/aromatic N) is 2. The lowest BCUT2D eigenvalue weighted by Gasteiger charge is -2.19. The average Bonchev–Trinajstić information content (AvgIpc) is 2.44. The van der Waals surface area contributed by atoms with Gasteiger partial charge in [-0.15, -0.1) is 0 Å². The van der Waals surface area contributed by atoms with E-state index in [1.54, 1.807) is 0 Å². The number of rotatable bonds is 4. The number of hydrogen-bond donors (Lipinski definition) is 2. The van der Waals surface area contributed by atoms with E-state index in [1.807, 2.05) is 25.2 Å². The van der Waals surface area contributed by atoms with Gasteiger partial charge < -0.3 is 10.6 Å². The van der Waals surface area contributed by atoms with Gasteiger partial charge in [-0.2, -0.15) is 0 Å². The van der Waals surface area contributed by atoms with Crippen LogP contribution in [0.1, 0.15) is 32.2 Å². The molecule has 5 heteroatoms. The summed E-state index contributed by atoms with van der Waals surface area (Å²) in [5, 5.41) is 6.45. The normalized spacial score (nSPS) is 11.3. The molecular formula is C16H21BrN4. The van der Waals surface area contributed by atoms with Crippen LogP contribution >= 0.6 is 15.9 Å². The fraction of sp³-hybridized carbons (Fsp3) is 0.375. The molecule has 1 aromatic heterocycles. The van der Waals surface area contributed by atoms with Crippen molar-refractivity contribution >= 4 is 27.6 Å². The van der Waals surface area contributed by atoms with Crippen LogP contribution in [0.15, 0.2) is 34.8 Å². The first kappa shape index (κ1) is 15.8. The highest BCUT2D eigenvalue weighted by Gasteiger charge is 2.18. The number of nitrogens with one attached hydrogen (secondary N) is 2. The summed E-state index contributed by atoms with van der Waals surface area (Å²) in [6, 6.07) is 10.2. The number of hydrogen-bond acceptors (Lipinski definition) is 4. The van der Waals surface area contributed by atoms with Crippen LogP contribution in [0.25, 0.3) is 0 Å². The minimum Gasteiger partial charge on any atom is -0.373 e. The Balaban J connectivity index is 2.19. The Morgan fingerprint density at radius 1 is 1.10 bits per heavy atom. The standard InChI is InChI=1S/C16H21BrN4/c1-16(2,3)15-20-13(18-4)9-14(21-15)19-10-11-6-5-7-12(17)8-11/h5-9H,10H2,1-4H3,(H2,18,19,20,21). The molecular weight excluding hydrogens is 328 g/mol. The third kappa shape index (κ3) is 4.43. The fourth-order valence-corrected chi connectivity index (χ4v) is 2.29. The smallest absolute Gasteiger partial charge is 0.138 e. The molecule has 0 fully saturated rings. The zero-order chi connectivity index (χ0) is 15.5. The first-order valence-electron chi connectivity index (χ1n) is 6.94. The second-order valence-electron chi connectivity index (χ2n) is 5.95. The molecule has 0 aliphatic carbocycles. The number of anilines is 2. The molecule has 1 heterocycles. The highest BCUT2D eigenvalue weighted by Crippen LogP contribution is 2.22. The number of benzene rings is 1. The van der Waals surface area contributed by atoms with Crippen LogP contribution in [0.4, 0.5) is 11.6 Å². The summed E-state index contributed by atoms with van der Waals surface area (Å²) < 4.78 is 1.08. The molecule has 0 unspecified atom stereocenters. The second-order valence-corrected chi connectivity index (χ2v) is 6.86. The molecule has 0 aliphatic rings. The van der Waals surface area contributed by atoms with Crippen LogP contribution in [0.2, 0.25) is 0 Å². The molecule has 0 radical (unpaired) electrons. The van der Waals surface area contributed by atoms with Gasteiger partial charge in [-0.05, 0) is 17.7 Å². The van der Waals surface area contributed by atoms with Gasteiger partial charge in [0.05, 0.1) is 0 Å². The maximum absolute atomic E-state index is 4.62. The molecule has 4 nitrogen and oxygen atoms in total. The van der Waals surface area contributed by atoms with Gasteiger partial charge in [0, 0.05) is 29.5 Å². The lowest BCUT2D eigenvalue weighted by Crippen LogP contribution is -2.18. The van der Waals surface area contributed by atoms with E-state index in [1.165, 1.54) is 5.56 Å². The first-order valence-corrected chi connectivity index (χ1v) is 7.73. The minimum absolute atomic E-state index is 0.0843. The Morgan fingerprint density at radius 2 is 1.81 bits per heavy atom. The summed E-state index contributed by atoms with van der Waals surface area (Å²) in [6.45, 7) is 7.06. The molecule has 2 aromatic rings. The number of aromatic nitrogens is 2. The van der Waals surface area contributed by atoms with Gasteiger partial charge in [0.1, 0.15) is 17.5 Å². The van der Waals surface area contributed by atoms with Crippen molar-refractivity contribution in [2.75, 3.05) is 17.7 Å². The summed E-state index contributed by atoms with van der Waals surface area (Å²) in [4.78, 5) is 9.14. The summed E-state index contributed by atoms with van der Waals surface area (Å²) in [7, 11) is 1.87. The van der Waals surface area contributed by atoms with Gasteiger partial charge in [0.2, 0.25) is 0 Å². The minimum atomic E-state index is -0.0843. The Bertz CT molecular complexity index is 620. The Labute approximate surface area is 134 Å². The van der Waals surface area contributed by atoms with Crippen molar-refractivity contribution in [2.45, 2.75) is 32.7 Å². The van der Waals surface area contributed by atoms with Gasteiger partial charge in [-0.1, -0.05) is 48.8 Å². The predicted octanol–water partition coefficient (Wildman–Crippen LogP) is 4.19. The predicted molar refractivity (Wildman–Crippen MR) is 91.7 cm³/mol. The third-order valence-corrected chi connectivity index (χ3v) is 3.51. The monoisotopic (exact) mass is 348 g/mol. The van der Waals surface area contributed by atoms with Gasteiger partial charge in [-0.3, -0.25) is 0 Å². The Kier molecular flexibility index (Phi) is 4.83. The van der Waals surface area contributed by atoms with E-state index < -0.39 is 0 Å². The average molecular weight is 349 g/mol. The Hall–Kier alpha value is -1.62. The van der Waals surface area contributed by atoms with Gasteiger partial charge in [0.25, 0.3) is 0 Å². The van der Waals surface area contributed by atoms with Crippen LogP contribution in [-0.2, 0) is 12.0 Å². The zero-order valence-corrected chi connectivity index (χ0v) is 14.5. The molecule has 0 saturated carbocycles. The zero-order valence-electron chi connectivity index (χ0n) is 12.9. The van der Waals surface area contributed by atoms with Crippen LogP contribution in [-0.4, -0.2) is 17.0 Å². The van der Waals surface area contributed by atoms with Gasteiger partial charge in [-0.25, -0.2) is 9.97 Å². The third-order valence-electron chi connectivity index (χ3n) is 3.02. The van der Waals surface area contributed by atoms with Crippen molar-refractivity contribution in [3.8, 4) is 0 Å². The molecule has 0 spiro atoms. The molecule has 21 heavy (non-hydrogen) atoms. The SMILES string of the molecule is CNc1cc(NCc2cccc(Br)c2)nc(C(C)(C)C)n1. The van der Waals surface area contributed by atoms with Crippen molar-refractivity contribution in [1.82, 2.24) is 9.97 Å². The van der Waals surface area contributed by atoms with E-state index in [0.717, 1.165) is 28.5 Å². The summed E-state index contributed by atoms with van der Waals surface area (Å²) in [5.74, 6) is 2.48. The molecule has 0 saturated heterocycles. The van der Waals surface area contributed by atoms with E-state index in [0.29, 0.717) is 0 Å². The lowest BCUT2D eigenvalue weighted by atomic mass is 9.96. The maximum atomic E-state index is 4.62. The molecule has 0 bridgehead atoms. The lowest BCUT2D eigenvalue weighted by molar-refractivity contribution is 0.546. The van der Waals surface area contributed by atoms with Crippen molar-refractivity contribution < 1.29 is 0 Å². The number of halogens is 1. The van der Waals surface area contributed by atoms with Crippen molar-refractivity contribution in [3.05, 3.63) is 46.2 Å². The largest absolute Gasteiger partial charge is 0.373 e. The van der Waals surface area contributed by atoms with Crippen molar-refractivity contribution in [1.29, 1.82) is 0 Å². The molecule has 112 valence electrons. The van der Waals surface area contributed by atoms with Crippen LogP contribution in [0, 0.1) is 0 Å². The van der Waals surface area contributed by atoms with E-state index in [9.17, 15) is 0 Å². The molecule has 2 rings (SSSR count). The molecule has 0 atom stereocenters. The highest BCUT2D eigenvalue weighted by molar-refractivity contribution is 9.10. The van der Waals surface area contributed by atoms with E-state index in [-0.39, 0.29) is 5.41 Å². The second kappa shape index (κ2) is 6.43. The van der Waals surface area contributed by atoms with Gasteiger partial charge in [0.15, 0.2) is 0 Å². The van der Waals surface area contributed by atoms with Crippen LogP contribution < -0.4 is 10.6 Å². The quantitative estimate of drug-likeness (QED) is 0.869. The van der Waals surface area contributed by atoms with E-state index in [4.69, 9.17) is 0 Å². The summed E-state index contributed by atoms with van der Waals surface area (Å²) in [5.41, 5.74) is 1.12. The molecule has 2 N–H and O–H groups in total. The fourth-order valence-electron chi connectivity index (χ4n) is 1.84. The maximum Gasteiger partial charge on any atom is 0.138 e. The van der Waals surface area contributed by atoms with Crippen LogP contribution in [0.5, 0.6) is 0 Å². The Morgan fingerprint density at radius 3 is 2.43 bits per heavy atom. The van der Waals surface area contributed by atoms with Gasteiger partial charge >= 0.3 is 0 Å².